The molecule has 1 amide bonds. The predicted molar refractivity (Wildman–Crippen MR) is 114 cm³/mol. The van der Waals surface area contributed by atoms with Gasteiger partial charge in [-0.05, 0) is 62.3 Å². The molecule has 1 aliphatic heterocycles. The van der Waals surface area contributed by atoms with E-state index < -0.39 is 4.92 Å². The average Bonchev–Trinajstić information content (AvgIpc) is 3.21. The Kier molecular flexibility index (Phi) is 5.78. The normalized spacial score (nSPS) is 14.4. The van der Waals surface area contributed by atoms with Gasteiger partial charge in [-0.2, -0.15) is 5.10 Å². The molecule has 3 aromatic rings. The third kappa shape index (κ3) is 4.19. The molecule has 0 spiro atoms. The second kappa shape index (κ2) is 8.64. The number of piperidine rings is 1. The van der Waals surface area contributed by atoms with Crippen molar-refractivity contribution in [2.24, 2.45) is 0 Å². The first-order chi connectivity index (χ1) is 14.5. The van der Waals surface area contributed by atoms with Crippen LogP contribution in [0.25, 0.3) is 5.69 Å². The van der Waals surface area contributed by atoms with Gasteiger partial charge in [-0.3, -0.25) is 14.9 Å². The van der Waals surface area contributed by atoms with Gasteiger partial charge in [0.15, 0.2) is 0 Å². The summed E-state index contributed by atoms with van der Waals surface area (Å²) in [6, 6.07) is 13.1. The second-order valence-electron chi connectivity index (χ2n) is 7.11. The minimum absolute atomic E-state index is 0.00928. The van der Waals surface area contributed by atoms with Gasteiger partial charge in [-0.1, -0.05) is 11.6 Å². The van der Waals surface area contributed by atoms with Crippen LogP contribution in [-0.2, 0) is 0 Å². The van der Waals surface area contributed by atoms with Crippen LogP contribution in [0.3, 0.4) is 0 Å². The molecule has 2 heterocycles. The number of aromatic nitrogens is 2. The lowest BCUT2D eigenvalue weighted by Crippen LogP contribution is -2.29. The number of anilines is 1. The van der Waals surface area contributed by atoms with Crippen molar-refractivity contribution in [1.82, 2.24) is 15.1 Å². The smallest absolute Gasteiger partial charge is 0.269 e. The number of halogens is 1. The fourth-order valence-corrected chi connectivity index (χ4v) is 3.80. The van der Waals surface area contributed by atoms with Crippen molar-refractivity contribution in [2.45, 2.75) is 18.8 Å². The van der Waals surface area contributed by atoms with Crippen molar-refractivity contribution in [3.63, 3.8) is 0 Å². The summed E-state index contributed by atoms with van der Waals surface area (Å²) in [5.74, 6) is -0.103. The Morgan fingerprint density at radius 2 is 1.80 bits per heavy atom. The molecule has 1 aromatic heterocycles. The summed E-state index contributed by atoms with van der Waals surface area (Å²) in [6.45, 7) is 1.71. The standard InChI is InChI=1S/C21H20ClN5O3/c22-15-1-3-16(4-2-15)25-21(28)19-13-24-26(20(19)14-9-11-23-12-10-14)17-5-7-18(8-6-17)27(29)30/h1-8,13-14,23H,9-12H2,(H,25,28). The molecule has 1 aliphatic rings. The highest BCUT2D eigenvalue weighted by atomic mass is 35.5. The molecule has 154 valence electrons. The molecule has 9 heteroatoms. The molecular formula is C21H20ClN5O3. The lowest BCUT2D eigenvalue weighted by Gasteiger charge is -2.24. The average molecular weight is 426 g/mol. The summed E-state index contributed by atoms with van der Waals surface area (Å²) >= 11 is 5.92. The maximum absolute atomic E-state index is 13.0. The van der Waals surface area contributed by atoms with Gasteiger partial charge in [-0.25, -0.2) is 4.68 Å². The van der Waals surface area contributed by atoms with Gasteiger partial charge in [-0.15, -0.1) is 0 Å². The van der Waals surface area contributed by atoms with Crippen LogP contribution in [0, 0.1) is 10.1 Å². The SMILES string of the molecule is O=C(Nc1ccc(Cl)cc1)c1cnn(-c2ccc([N+](=O)[O-])cc2)c1C1CCNCC1. The number of rotatable bonds is 5. The van der Waals surface area contributed by atoms with Crippen LogP contribution in [-0.4, -0.2) is 33.7 Å². The van der Waals surface area contributed by atoms with E-state index in [1.54, 1.807) is 47.3 Å². The van der Waals surface area contributed by atoms with E-state index in [9.17, 15) is 14.9 Å². The highest BCUT2D eigenvalue weighted by molar-refractivity contribution is 6.30. The summed E-state index contributed by atoms with van der Waals surface area (Å²) in [7, 11) is 0. The summed E-state index contributed by atoms with van der Waals surface area (Å²) in [5, 5.41) is 22.2. The van der Waals surface area contributed by atoms with Gasteiger partial charge in [0, 0.05) is 28.8 Å². The minimum Gasteiger partial charge on any atom is -0.322 e. The number of hydrogen-bond acceptors (Lipinski definition) is 5. The van der Waals surface area contributed by atoms with Gasteiger partial charge in [0.05, 0.1) is 28.1 Å². The molecule has 2 aromatic carbocycles. The maximum atomic E-state index is 13.0. The van der Waals surface area contributed by atoms with E-state index in [2.05, 4.69) is 15.7 Å². The number of nitrogens with zero attached hydrogens (tertiary/aromatic N) is 3. The van der Waals surface area contributed by atoms with Crippen LogP contribution in [0.1, 0.15) is 34.8 Å². The summed E-state index contributed by atoms with van der Waals surface area (Å²) in [6.07, 6.45) is 3.31. The Bertz CT molecular complexity index is 1060. The van der Waals surface area contributed by atoms with E-state index in [4.69, 9.17) is 11.6 Å². The largest absolute Gasteiger partial charge is 0.322 e. The van der Waals surface area contributed by atoms with Gasteiger partial charge >= 0.3 is 0 Å². The van der Waals surface area contributed by atoms with Crippen molar-refractivity contribution in [2.75, 3.05) is 18.4 Å². The number of benzene rings is 2. The van der Waals surface area contributed by atoms with Crippen molar-refractivity contribution in [3.8, 4) is 5.69 Å². The zero-order valence-electron chi connectivity index (χ0n) is 16.0. The molecule has 0 atom stereocenters. The lowest BCUT2D eigenvalue weighted by molar-refractivity contribution is -0.384. The molecule has 1 saturated heterocycles. The zero-order chi connectivity index (χ0) is 21.1. The Morgan fingerprint density at radius 1 is 1.13 bits per heavy atom. The van der Waals surface area contributed by atoms with E-state index in [1.807, 2.05) is 0 Å². The van der Waals surface area contributed by atoms with Crippen LogP contribution in [0.15, 0.2) is 54.7 Å². The number of nitrogens with one attached hydrogen (secondary N) is 2. The van der Waals surface area contributed by atoms with Gasteiger partial charge in [0.1, 0.15) is 0 Å². The Labute approximate surface area is 178 Å². The summed E-state index contributed by atoms with van der Waals surface area (Å²) in [4.78, 5) is 23.6. The molecule has 2 N–H and O–H groups in total. The number of nitro groups is 1. The van der Waals surface area contributed by atoms with Crippen LogP contribution in [0.2, 0.25) is 5.02 Å². The number of carbonyl (C=O) groups excluding carboxylic acids is 1. The van der Waals surface area contributed by atoms with Crippen LogP contribution in [0.5, 0.6) is 0 Å². The topological polar surface area (TPSA) is 102 Å². The van der Waals surface area contributed by atoms with E-state index in [0.29, 0.717) is 22.0 Å². The van der Waals surface area contributed by atoms with E-state index in [-0.39, 0.29) is 17.5 Å². The molecule has 0 aliphatic carbocycles. The van der Waals surface area contributed by atoms with Crippen LogP contribution in [0.4, 0.5) is 11.4 Å². The quantitative estimate of drug-likeness (QED) is 0.472. The highest BCUT2D eigenvalue weighted by Crippen LogP contribution is 2.31. The van der Waals surface area contributed by atoms with Crippen LogP contribution < -0.4 is 10.6 Å². The third-order valence-corrected chi connectivity index (χ3v) is 5.44. The lowest BCUT2D eigenvalue weighted by atomic mass is 9.91. The molecule has 30 heavy (non-hydrogen) atoms. The molecule has 0 saturated carbocycles. The maximum Gasteiger partial charge on any atom is 0.269 e. The molecule has 1 fully saturated rings. The number of amides is 1. The Hall–Kier alpha value is -3.23. The summed E-state index contributed by atoms with van der Waals surface area (Å²) < 4.78 is 1.72. The number of non-ortho nitro benzene ring substituents is 1. The first-order valence-electron chi connectivity index (χ1n) is 9.63. The predicted octanol–water partition coefficient (Wildman–Crippen LogP) is 4.15. The van der Waals surface area contributed by atoms with Crippen molar-refractivity contribution < 1.29 is 9.72 Å². The minimum atomic E-state index is -0.439. The molecular weight excluding hydrogens is 406 g/mol. The van der Waals surface area contributed by atoms with E-state index >= 15 is 0 Å². The number of carbonyl (C=O) groups is 1. The fourth-order valence-electron chi connectivity index (χ4n) is 3.67. The van der Waals surface area contributed by atoms with Gasteiger partial charge in [0.25, 0.3) is 11.6 Å². The third-order valence-electron chi connectivity index (χ3n) is 5.18. The Morgan fingerprint density at radius 3 is 2.43 bits per heavy atom. The number of nitro benzene ring substituents is 1. The van der Waals surface area contributed by atoms with Gasteiger partial charge < -0.3 is 10.6 Å². The van der Waals surface area contributed by atoms with Crippen molar-refractivity contribution in [1.29, 1.82) is 0 Å². The van der Waals surface area contributed by atoms with Gasteiger partial charge in [0.2, 0.25) is 0 Å². The van der Waals surface area contributed by atoms with Crippen molar-refractivity contribution >= 4 is 28.9 Å². The second-order valence-corrected chi connectivity index (χ2v) is 7.55. The fraction of sp³-hybridized carbons (Fsp3) is 0.238. The first kappa shape index (κ1) is 20.1. The van der Waals surface area contributed by atoms with E-state index in [1.165, 1.54) is 12.1 Å². The highest BCUT2D eigenvalue weighted by Gasteiger charge is 2.27. The van der Waals surface area contributed by atoms with Crippen molar-refractivity contribution in [3.05, 3.63) is 81.1 Å². The zero-order valence-corrected chi connectivity index (χ0v) is 16.8. The molecule has 4 rings (SSSR count). The monoisotopic (exact) mass is 425 g/mol. The molecule has 0 radical (unpaired) electrons. The molecule has 0 bridgehead atoms. The summed E-state index contributed by atoms with van der Waals surface area (Å²) in [5.41, 5.74) is 2.64. The first-order valence-corrected chi connectivity index (χ1v) is 10.0. The van der Waals surface area contributed by atoms with E-state index in [0.717, 1.165) is 31.6 Å². The Balaban J connectivity index is 1.70. The molecule has 8 nitrogen and oxygen atoms in total. The van der Waals surface area contributed by atoms with Crippen LogP contribution >= 0.6 is 11.6 Å². The number of hydrogen-bond donors (Lipinski definition) is 2. The molecule has 0 unspecified atom stereocenters.